The van der Waals surface area contributed by atoms with Gasteiger partial charge in [-0.05, 0) is 117 Å². The van der Waals surface area contributed by atoms with E-state index in [0.717, 1.165) is 17.1 Å². The fourth-order valence-electron chi connectivity index (χ4n) is 11.1. The number of anilines is 3. The van der Waals surface area contributed by atoms with E-state index in [1.54, 1.807) is 8.93 Å². The normalized spacial score (nSPS) is 13.2. The number of nitrogens with zero attached hydrogens (tertiary/aromatic N) is 2. The third kappa shape index (κ3) is 4.88. The van der Waals surface area contributed by atoms with Gasteiger partial charge in [0, 0.05) is 59.0 Å². The summed E-state index contributed by atoms with van der Waals surface area (Å²) in [6, 6.07) is 77.5. The predicted molar refractivity (Wildman–Crippen MR) is 271 cm³/mol. The Balaban J connectivity index is 1.16. The van der Waals surface area contributed by atoms with Crippen LogP contribution in [-0.2, 0) is 5.41 Å². The van der Waals surface area contributed by atoms with Crippen molar-refractivity contribution < 1.29 is 0 Å². The van der Waals surface area contributed by atoms with Gasteiger partial charge in [-0.2, -0.15) is 0 Å². The molecule has 0 fully saturated rings. The Morgan fingerprint density at radius 1 is 0.435 bits per heavy atom. The van der Waals surface area contributed by atoms with Crippen LogP contribution in [0.2, 0.25) is 0 Å². The van der Waals surface area contributed by atoms with E-state index in [4.69, 9.17) is 0 Å². The molecule has 0 N–H and O–H groups in total. The Morgan fingerprint density at radius 3 is 1.65 bits per heavy atom. The van der Waals surface area contributed by atoms with Crippen molar-refractivity contribution in [2.75, 3.05) is 4.90 Å². The maximum Gasteiger partial charge on any atom is 0.0727 e. The van der Waals surface area contributed by atoms with Crippen molar-refractivity contribution in [3.63, 3.8) is 0 Å². The van der Waals surface area contributed by atoms with Gasteiger partial charge in [-0.3, -0.25) is 0 Å². The predicted octanol–water partition coefficient (Wildman–Crippen LogP) is 16.7. The van der Waals surface area contributed by atoms with Crippen LogP contribution in [0.3, 0.4) is 0 Å². The molecule has 0 amide bonds. The van der Waals surface area contributed by atoms with Gasteiger partial charge in [0.15, 0.2) is 0 Å². The lowest BCUT2D eigenvalue weighted by Crippen LogP contribution is -2.26. The minimum absolute atomic E-state index is 0.575. The number of hydrogen-bond donors (Lipinski definition) is 0. The zero-order valence-electron chi connectivity index (χ0n) is 33.8. The van der Waals surface area contributed by atoms with Crippen LogP contribution >= 0.6 is 30.1 Å². The SMILES string of the molecule is Cc1ccc(N(c2ccc3c(c2)C2(c4ccccc4-c4ccccc42)c2cc(-n4c5ccccc5c5ccccc54)c4ccccc4c2-3)c2ccc(SI)c3ccccc23)cc1. The Bertz CT molecular complexity index is 3560. The van der Waals surface area contributed by atoms with Crippen LogP contribution in [0.5, 0.6) is 0 Å². The highest BCUT2D eigenvalue weighted by atomic mass is 127. The van der Waals surface area contributed by atoms with Gasteiger partial charge in [0.2, 0.25) is 0 Å². The van der Waals surface area contributed by atoms with Crippen LogP contribution in [-0.4, -0.2) is 4.57 Å². The summed E-state index contributed by atoms with van der Waals surface area (Å²) in [5, 5.41) is 7.52. The molecule has 292 valence electrons. The standard InChI is InChI=1S/C58H37IN2S/c1-36-26-28-37(29-27-36)60(54-32-33-56(62-59)45-20-4-2-18-43(45)54)38-30-31-47-50(34-38)58(48-22-10-6-14-39(48)40-15-7-11-23-49(40)58)51-35-55(44-19-3-5-21-46(44)57(47)51)61-52-24-12-8-16-41(52)42-17-9-13-25-53(42)61/h2-35H,1H3. The van der Waals surface area contributed by atoms with Crippen LogP contribution in [0, 0.1) is 6.92 Å². The van der Waals surface area contributed by atoms with Gasteiger partial charge in [0.25, 0.3) is 0 Å². The molecule has 0 saturated heterocycles. The Hall–Kier alpha value is -6.60. The van der Waals surface area contributed by atoms with Crippen LogP contribution in [0.4, 0.5) is 17.1 Å². The van der Waals surface area contributed by atoms with E-state index in [1.807, 2.05) is 0 Å². The minimum Gasteiger partial charge on any atom is -0.310 e. The third-order valence-corrected chi connectivity index (χ3v) is 15.6. The molecule has 2 aliphatic rings. The second-order valence-electron chi connectivity index (χ2n) is 16.7. The second-order valence-corrected chi connectivity index (χ2v) is 18.6. The van der Waals surface area contributed by atoms with Crippen molar-refractivity contribution in [2.24, 2.45) is 0 Å². The largest absolute Gasteiger partial charge is 0.310 e. The molecule has 11 aromatic rings. The quantitative estimate of drug-likeness (QED) is 0.159. The van der Waals surface area contributed by atoms with Crippen LogP contribution in [0.1, 0.15) is 27.8 Å². The summed E-state index contributed by atoms with van der Waals surface area (Å²) in [6.07, 6.45) is 0. The van der Waals surface area contributed by atoms with E-state index < -0.39 is 5.41 Å². The molecular formula is C58H37IN2S. The first-order chi connectivity index (χ1) is 30.6. The van der Waals surface area contributed by atoms with E-state index in [0.29, 0.717) is 0 Å². The Morgan fingerprint density at radius 2 is 0.984 bits per heavy atom. The second kappa shape index (κ2) is 13.7. The molecule has 0 atom stereocenters. The average Bonchev–Trinajstić information content (AvgIpc) is 3.94. The molecule has 0 unspecified atom stereocenters. The fraction of sp³-hybridized carbons (Fsp3) is 0.0345. The number of aryl methyl sites for hydroxylation is 1. The van der Waals surface area contributed by atoms with Gasteiger partial charge in [-0.1, -0.05) is 166 Å². The van der Waals surface area contributed by atoms with E-state index in [2.05, 4.69) is 244 Å². The summed E-state index contributed by atoms with van der Waals surface area (Å²) in [6.45, 7) is 2.17. The molecule has 0 saturated carbocycles. The maximum atomic E-state index is 2.56. The monoisotopic (exact) mass is 920 g/mol. The van der Waals surface area contributed by atoms with Crippen molar-refractivity contribution in [3.05, 3.63) is 234 Å². The average molecular weight is 921 g/mol. The van der Waals surface area contributed by atoms with Gasteiger partial charge < -0.3 is 9.47 Å². The molecule has 62 heavy (non-hydrogen) atoms. The molecule has 1 heterocycles. The number of aromatic nitrogens is 1. The van der Waals surface area contributed by atoms with E-state index in [1.165, 1.54) is 104 Å². The number of hydrogen-bond acceptors (Lipinski definition) is 2. The summed E-state index contributed by atoms with van der Waals surface area (Å²) >= 11 is 2.42. The fourth-order valence-corrected chi connectivity index (χ4v) is 12.6. The lowest BCUT2D eigenvalue weighted by Gasteiger charge is -2.33. The molecule has 1 spiro atoms. The van der Waals surface area contributed by atoms with Crippen molar-refractivity contribution in [1.82, 2.24) is 4.57 Å². The minimum atomic E-state index is -0.575. The highest BCUT2D eigenvalue weighted by Crippen LogP contribution is 2.65. The first-order valence-corrected chi connectivity index (χ1v) is 24.6. The zero-order chi connectivity index (χ0) is 41.1. The summed E-state index contributed by atoms with van der Waals surface area (Å²) in [7, 11) is 1.77. The highest BCUT2D eigenvalue weighted by Gasteiger charge is 2.52. The first kappa shape index (κ1) is 36.1. The van der Waals surface area contributed by atoms with Crippen molar-refractivity contribution in [2.45, 2.75) is 17.2 Å². The summed E-state index contributed by atoms with van der Waals surface area (Å²) < 4.78 is 2.52. The number of benzene rings is 10. The molecule has 10 aromatic carbocycles. The molecule has 13 rings (SSSR count). The van der Waals surface area contributed by atoms with E-state index >= 15 is 0 Å². The molecule has 1 aromatic heterocycles. The maximum absolute atomic E-state index is 2.56. The zero-order valence-corrected chi connectivity index (χ0v) is 36.8. The first-order valence-electron chi connectivity index (χ1n) is 21.2. The van der Waals surface area contributed by atoms with E-state index in [-0.39, 0.29) is 0 Å². The number of fused-ring (bicyclic) bond motifs is 16. The van der Waals surface area contributed by atoms with Crippen molar-refractivity contribution in [3.8, 4) is 27.9 Å². The molecule has 0 bridgehead atoms. The molecule has 4 heteroatoms. The Kier molecular flexibility index (Phi) is 7.98. The van der Waals surface area contributed by atoms with Gasteiger partial charge in [-0.15, -0.1) is 0 Å². The highest BCUT2D eigenvalue weighted by molar-refractivity contribution is 14.2. The van der Waals surface area contributed by atoms with Gasteiger partial charge in [-0.25, -0.2) is 0 Å². The Labute approximate surface area is 376 Å². The molecule has 2 aliphatic carbocycles. The molecule has 0 aliphatic heterocycles. The number of halogens is 1. The van der Waals surface area contributed by atoms with Crippen LogP contribution in [0.25, 0.3) is 71.3 Å². The topological polar surface area (TPSA) is 8.17 Å². The number of para-hydroxylation sites is 2. The van der Waals surface area contributed by atoms with Gasteiger partial charge >= 0.3 is 0 Å². The lowest BCUT2D eigenvalue weighted by atomic mass is 9.70. The van der Waals surface area contributed by atoms with Crippen molar-refractivity contribution in [1.29, 1.82) is 0 Å². The van der Waals surface area contributed by atoms with Gasteiger partial charge in [0.1, 0.15) is 0 Å². The molecule has 0 radical (unpaired) electrons. The summed E-state index contributed by atoms with van der Waals surface area (Å²) in [5.74, 6) is 0. The molecule has 2 nitrogen and oxygen atoms in total. The third-order valence-electron chi connectivity index (χ3n) is 13.6. The van der Waals surface area contributed by atoms with Gasteiger partial charge in [0.05, 0.1) is 27.8 Å². The van der Waals surface area contributed by atoms with Crippen LogP contribution in [0.15, 0.2) is 211 Å². The van der Waals surface area contributed by atoms with E-state index in [9.17, 15) is 0 Å². The number of rotatable bonds is 5. The summed E-state index contributed by atoms with van der Waals surface area (Å²) in [4.78, 5) is 3.75. The summed E-state index contributed by atoms with van der Waals surface area (Å²) in [5.41, 5.74) is 18.2. The lowest BCUT2D eigenvalue weighted by molar-refractivity contribution is 0.793. The molecular weight excluding hydrogens is 884 g/mol. The van der Waals surface area contributed by atoms with Crippen LogP contribution < -0.4 is 4.90 Å². The smallest absolute Gasteiger partial charge is 0.0727 e. The van der Waals surface area contributed by atoms with Crippen molar-refractivity contribution >= 4 is 90.6 Å².